The molecule has 0 saturated carbocycles. The lowest BCUT2D eigenvalue weighted by Crippen LogP contribution is -2.31. The van der Waals surface area contributed by atoms with Gasteiger partial charge >= 0.3 is 7.12 Å². The van der Waals surface area contributed by atoms with Crippen molar-refractivity contribution in [3.63, 3.8) is 0 Å². The first-order valence-corrected chi connectivity index (χ1v) is 9.80. The van der Waals surface area contributed by atoms with Crippen LogP contribution in [0, 0.1) is 0 Å². The van der Waals surface area contributed by atoms with E-state index in [0.717, 1.165) is 27.8 Å². The van der Waals surface area contributed by atoms with Crippen LogP contribution in [0.2, 0.25) is 0 Å². The highest BCUT2D eigenvalue weighted by Crippen LogP contribution is 2.33. The molecule has 0 saturated heterocycles. The van der Waals surface area contributed by atoms with Crippen molar-refractivity contribution < 1.29 is 14.8 Å². The summed E-state index contributed by atoms with van der Waals surface area (Å²) in [5.74, 6) is 0.449. The minimum absolute atomic E-state index is 0.347. The Morgan fingerprint density at radius 2 is 1.33 bits per heavy atom. The van der Waals surface area contributed by atoms with Crippen LogP contribution in [0.4, 0.5) is 0 Å². The predicted molar refractivity (Wildman–Crippen MR) is 123 cm³/mol. The lowest BCUT2D eigenvalue weighted by molar-refractivity contribution is 0.403. The number of methoxy groups -OCH3 is 1. The molecule has 0 aliphatic heterocycles. The molecule has 0 aliphatic carbocycles. The molecule has 0 radical (unpaired) electrons. The first kappa shape index (κ1) is 18.5. The summed E-state index contributed by atoms with van der Waals surface area (Å²) in [6.07, 6.45) is 0. The molecule has 5 rings (SSSR count). The van der Waals surface area contributed by atoms with E-state index in [2.05, 4.69) is 65.2 Å². The number of hydrogen-bond donors (Lipinski definition) is 2. The first-order chi connectivity index (χ1) is 14.7. The van der Waals surface area contributed by atoms with Crippen LogP contribution in [0.1, 0.15) is 0 Å². The van der Waals surface area contributed by atoms with Gasteiger partial charge in [0.25, 0.3) is 0 Å². The molecule has 2 N–H and O–H groups in total. The van der Waals surface area contributed by atoms with E-state index in [9.17, 15) is 10.0 Å². The molecular weight excluding hydrogens is 373 g/mol. The third kappa shape index (κ3) is 2.96. The molecule has 30 heavy (non-hydrogen) atoms. The Morgan fingerprint density at radius 3 is 1.97 bits per heavy atom. The zero-order valence-corrected chi connectivity index (χ0v) is 16.5. The van der Waals surface area contributed by atoms with Crippen LogP contribution in [0.25, 0.3) is 38.6 Å². The van der Waals surface area contributed by atoms with E-state index in [0.29, 0.717) is 11.2 Å². The highest BCUT2D eigenvalue weighted by Gasteiger charge is 2.18. The van der Waals surface area contributed by atoms with E-state index in [4.69, 9.17) is 4.74 Å². The Balaban J connectivity index is 1.70. The van der Waals surface area contributed by atoms with Crippen molar-refractivity contribution in [2.75, 3.05) is 7.11 Å². The number of ether oxygens (including phenoxy) is 1. The van der Waals surface area contributed by atoms with Gasteiger partial charge in [0.2, 0.25) is 0 Å². The summed E-state index contributed by atoms with van der Waals surface area (Å²) in [4.78, 5) is 0. The van der Waals surface area contributed by atoms with Crippen LogP contribution in [-0.4, -0.2) is 28.8 Å². The number of aromatic nitrogens is 1. The summed E-state index contributed by atoms with van der Waals surface area (Å²) in [6, 6.07) is 30.6. The first-order valence-electron chi connectivity index (χ1n) is 9.80. The smallest absolute Gasteiger partial charge is 0.492 e. The van der Waals surface area contributed by atoms with E-state index in [1.54, 1.807) is 6.07 Å². The number of hydrogen-bond acceptors (Lipinski definition) is 3. The molecule has 0 spiro atoms. The van der Waals surface area contributed by atoms with Gasteiger partial charge in [0.15, 0.2) is 0 Å². The fourth-order valence-corrected chi connectivity index (χ4v) is 4.13. The van der Waals surface area contributed by atoms with Crippen molar-refractivity contribution in [3.8, 4) is 22.6 Å². The van der Waals surface area contributed by atoms with Crippen LogP contribution >= 0.6 is 0 Å². The van der Waals surface area contributed by atoms with Gasteiger partial charge < -0.3 is 19.4 Å². The van der Waals surface area contributed by atoms with Gasteiger partial charge in [-0.15, -0.1) is 0 Å². The molecule has 0 bridgehead atoms. The van der Waals surface area contributed by atoms with Crippen molar-refractivity contribution in [1.29, 1.82) is 0 Å². The summed E-state index contributed by atoms with van der Waals surface area (Å²) in [6.45, 7) is 0. The van der Waals surface area contributed by atoms with E-state index in [1.165, 1.54) is 17.9 Å². The molecule has 0 amide bonds. The van der Waals surface area contributed by atoms with Crippen LogP contribution in [0.3, 0.4) is 0 Å². The van der Waals surface area contributed by atoms with Gasteiger partial charge in [-0.2, -0.15) is 0 Å². The molecule has 146 valence electrons. The van der Waals surface area contributed by atoms with Crippen molar-refractivity contribution in [2.24, 2.45) is 0 Å². The zero-order chi connectivity index (χ0) is 20.7. The topological polar surface area (TPSA) is 54.6 Å². The third-order valence-corrected chi connectivity index (χ3v) is 5.53. The Hall–Kier alpha value is -3.54. The summed E-state index contributed by atoms with van der Waals surface area (Å²) < 4.78 is 7.64. The monoisotopic (exact) mass is 393 g/mol. The Morgan fingerprint density at radius 1 is 0.700 bits per heavy atom. The molecular formula is C25H20BNO3. The predicted octanol–water partition coefficient (Wildman–Crippen LogP) is 4.14. The maximum atomic E-state index is 9.54. The zero-order valence-electron chi connectivity index (χ0n) is 16.5. The normalized spacial score (nSPS) is 11.2. The largest absolute Gasteiger partial charge is 0.497 e. The molecule has 4 nitrogen and oxygen atoms in total. The summed E-state index contributed by atoms with van der Waals surface area (Å²) >= 11 is 0. The van der Waals surface area contributed by atoms with Crippen molar-refractivity contribution in [3.05, 3.63) is 91.0 Å². The molecule has 1 heterocycles. The highest BCUT2D eigenvalue weighted by atomic mass is 16.5. The van der Waals surface area contributed by atoms with Crippen LogP contribution in [0.15, 0.2) is 91.0 Å². The third-order valence-electron chi connectivity index (χ3n) is 5.53. The van der Waals surface area contributed by atoms with Gasteiger partial charge in [0.05, 0.1) is 18.1 Å². The van der Waals surface area contributed by atoms with E-state index >= 15 is 0 Å². The highest BCUT2D eigenvalue weighted by molar-refractivity contribution is 6.59. The van der Waals surface area contributed by atoms with Gasteiger partial charge in [-0.3, -0.25) is 0 Å². The molecule has 0 aliphatic rings. The van der Waals surface area contributed by atoms with E-state index < -0.39 is 7.12 Å². The SMILES string of the molecule is COc1cc(-c2cccc(-n3c4ccccc4c4ccccc43)c2)ccc1B(O)O. The molecule has 1 aromatic heterocycles. The average molecular weight is 393 g/mol. The second-order valence-electron chi connectivity index (χ2n) is 7.25. The van der Waals surface area contributed by atoms with Crippen LogP contribution < -0.4 is 10.2 Å². The number of para-hydroxylation sites is 2. The quantitative estimate of drug-likeness (QED) is 0.452. The number of benzene rings is 4. The summed E-state index contributed by atoms with van der Waals surface area (Å²) in [5.41, 5.74) is 5.69. The van der Waals surface area contributed by atoms with Crippen molar-refractivity contribution in [2.45, 2.75) is 0 Å². The Labute approximate surface area is 174 Å². The van der Waals surface area contributed by atoms with Crippen LogP contribution in [0.5, 0.6) is 5.75 Å². The Kier molecular flexibility index (Phi) is 4.54. The fraction of sp³-hybridized carbons (Fsp3) is 0.0400. The lowest BCUT2D eigenvalue weighted by atomic mass is 9.79. The second-order valence-corrected chi connectivity index (χ2v) is 7.25. The minimum atomic E-state index is -1.57. The number of rotatable bonds is 4. The fourth-order valence-electron chi connectivity index (χ4n) is 4.13. The number of nitrogens with zero attached hydrogens (tertiary/aromatic N) is 1. The van der Waals surface area contributed by atoms with E-state index in [-0.39, 0.29) is 0 Å². The average Bonchev–Trinajstić information content (AvgIpc) is 3.13. The molecule has 5 heteroatoms. The van der Waals surface area contributed by atoms with Gasteiger partial charge in [-0.25, -0.2) is 0 Å². The van der Waals surface area contributed by atoms with Gasteiger partial charge in [0, 0.05) is 21.9 Å². The van der Waals surface area contributed by atoms with Gasteiger partial charge in [-0.05, 0) is 41.5 Å². The van der Waals surface area contributed by atoms with Gasteiger partial charge in [-0.1, -0.05) is 60.7 Å². The second kappa shape index (κ2) is 7.37. The molecule has 0 atom stereocenters. The molecule has 5 aromatic rings. The molecule has 0 unspecified atom stereocenters. The van der Waals surface area contributed by atoms with Crippen molar-refractivity contribution >= 4 is 34.4 Å². The number of fused-ring (bicyclic) bond motifs is 3. The maximum absolute atomic E-state index is 9.54. The standard InChI is InChI=1S/C25H20BNO3/c1-30-25-16-18(13-14-22(25)26(28)29)17-7-6-8-19(15-17)27-23-11-4-2-9-20(23)21-10-3-5-12-24(21)27/h2-16,28-29H,1H3. The van der Waals surface area contributed by atoms with Gasteiger partial charge in [0.1, 0.15) is 5.75 Å². The molecule has 4 aromatic carbocycles. The minimum Gasteiger partial charge on any atom is -0.497 e. The summed E-state index contributed by atoms with van der Waals surface area (Å²) in [5, 5.41) is 21.5. The van der Waals surface area contributed by atoms with Crippen LogP contribution in [-0.2, 0) is 0 Å². The molecule has 0 fully saturated rings. The Bertz CT molecular complexity index is 1320. The van der Waals surface area contributed by atoms with E-state index in [1.807, 2.05) is 24.3 Å². The lowest BCUT2D eigenvalue weighted by Gasteiger charge is -2.13. The maximum Gasteiger partial charge on any atom is 0.492 e. The van der Waals surface area contributed by atoms with Crippen molar-refractivity contribution in [1.82, 2.24) is 4.57 Å². The summed E-state index contributed by atoms with van der Waals surface area (Å²) in [7, 11) is -0.0441.